The molecule has 0 aliphatic heterocycles. The number of nitrogens with one attached hydrogen (secondary N) is 1. The summed E-state index contributed by atoms with van der Waals surface area (Å²) in [7, 11) is 0. The number of alkyl carbamates (subject to hydrolysis) is 1. The van der Waals surface area contributed by atoms with Gasteiger partial charge in [-0.25, -0.2) is 4.79 Å². The summed E-state index contributed by atoms with van der Waals surface area (Å²) in [5, 5.41) is 2.74. The van der Waals surface area contributed by atoms with Crippen molar-refractivity contribution in [2.24, 2.45) is 0 Å². The lowest BCUT2D eigenvalue weighted by atomic mass is 10.2. The molecule has 0 fully saturated rings. The van der Waals surface area contributed by atoms with Crippen molar-refractivity contribution in [3.63, 3.8) is 0 Å². The Hall–Kier alpha value is -1.10. The molecule has 0 spiro atoms. The minimum Gasteiger partial charge on any atom is -0.444 e. The number of rotatable bonds is 2. The average Bonchev–Trinajstić information content (AvgIpc) is 2.14. The van der Waals surface area contributed by atoms with Gasteiger partial charge in [-0.2, -0.15) is 0 Å². The fraction of sp³-hybridized carbons (Fsp3) is 0.500. The van der Waals surface area contributed by atoms with Crippen molar-refractivity contribution in [3.8, 4) is 0 Å². The number of hydrogen-bond acceptors (Lipinski definition) is 3. The van der Waals surface area contributed by atoms with Crippen LogP contribution in [0.5, 0.6) is 0 Å². The highest BCUT2D eigenvalue weighted by Gasteiger charge is 2.19. The van der Waals surface area contributed by atoms with E-state index >= 15 is 0 Å². The molecule has 1 rings (SSSR count). The van der Waals surface area contributed by atoms with Crippen LogP contribution in [0.2, 0.25) is 0 Å². The lowest BCUT2D eigenvalue weighted by Crippen LogP contribution is -2.34. The maximum Gasteiger partial charge on any atom is 0.408 e. The number of carbonyl (C=O) groups excluding carboxylic acids is 1. The van der Waals surface area contributed by atoms with Gasteiger partial charge in [0.05, 0.1) is 11.7 Å². The molecule has 5 heteroatoms. The molecule has 0 aliphatic carbocycles. The zero-order chi connectivity index (χ0) is 13.1. The molecule has 1 unspecified atom stereocenters. The number of carbonyl (C=O) groups is 1. The van der Waals surface area contributed by atoms with E-state index in [1.807, 2.05) is 39.8 Å². The van der Waals surface area contributed by atoms with Gasteiger partial charge in [-0.3, -0.25) is 4.98 Å². The van der Waals surface area contributed by atoms with Crippen LogP contribution in [0.1, 0.15) is 39.4 Å². The van der Waals surface area contributed by atoms with Gasteiger partial charge in [0.1, 0.15) is 5.60 Å². The summed E-state index contributed by atoms with van der Waals surface area (Å²) >= 11 is 3.39. The van der Waals surface area contributed by atoms with E-state index in [0.717, 1.165) is 10.2 Å². The quantitative estimate of drug-likeness (QED) is 0.910. The normalized spacial score (nSPS) is 13.0. The van der Waals surface area contributed by atoms with Crippen LogP contribution in [0.3, 0.4) is 0 Å². The first kappa shape index (κ1) is 14.0. The standard InChI is InChI=1S/C12H17BrN2O2/c1-8(10-9(13)6-5-7-14-10)15-11(16)17-12(2,3)4/h5-8H,1-4H3,(H,15,16). The second kappa shape index (κ2) is 5.49. The van der Waals surface area contributed by atoms with Crippen LogP contribution in [0.4, 0.5) is 4.79 Å². The van der Waals surface area contributed by atoms with Crippen molar-refractivity contribution in [1.82, 2.24) is 10.3 Å². The van der Waals surface area contributed by atoms with E-state index < -0.39 is 11.7 Å². The molecule has 1 aromatic rings. The first-order chi connectivity index (χ1) is 7.79. The van der Waals surface area contributed by atoms with Gasteiger partial charge in [-0.05, 0) is 55.8 Å². The van der Waals surface area contributed by atoms with Gasteiger partial charge >= 0.3 is 6.09 Å². The van der Waals surface area contributed by atoms with E-state index in [9.17, 15) is 4.79 Å². The van der Waals surface area contributed by atoms with Crippen LogP contribution in [-0.4, -0.2) is 16.7 Å². The number of halogens is 1. The Bertz CT molecular complexity index is 402. The highest BCUT2D eigenvalue weighted by Crippen LogP contribution is 2.20. The van der Waals surface area contributed by atoms with E-state index in [4.69, 9.17) is 4.74 Å². The van der Waals surface area contributed by atoms with Crippen LogP contribution in [0.15, 0.2) is 22.8 Å². The topological polar surface area (TPSA) is 51.2 Å². The highest BCUT2D eigenvalue weighted by molar-refractivity contribution is 9.10. The Balaban J connectivity index is 2.64. The van der Waals surface area contributed by atoms with Gasteiger partial charge in [0.15, 0.2) is 0 Å². The summed E-state index contributed by atoms with van der Waals surface area (Å²) < 4.78 is 6.04. The van der Waals surface area contributed by atoms with Crippen LogP contribution in [-0.2, 0) is 4.74 Å². The van der Waals surface area contributed by atoms with Gasteiger partial charge in [0, 0.05) is 10.7 Å². The first-order valence-electron chi connectivity index (χ1n) is 5.39. The van der Waals surface area contributed by atoms with Crippen molar-refractivity contribution in [3.05, 3.63) is 28.5 Å². The van der Waals surface area contributed by atoms with Crippen LogP contribution >= 0.6 is 15.9 Å². The monoisotopic (exact) mass is 300 g/mol. The summed E-state index contributed by atoms with van der Waals surface area (Å²) in [6.45, 7) is 7.34. The Kier molecular flexibility index (Phi) is 4.51. The molecule has 1 N–H and O–H groups in total. The van der Waals surface area contributed by atoms with Gasteiger partial charge in [0.25, 0.3) is 0 Å². The molecule has 1 heterocycles. The van der Waals surface area contributed by atoms with E-state index in [-0.39, 0.29) is 6.04 Å². The Morgan fingerprint density at radius 2 is 2.18 bits per heavy atom. The summed E-state index contributed by atoms with van der Waals surface area (Å²) in [5.41, 5.74) is 0.281. The molecular formula is C12H17BrN2O2. The highest BCUT2D eigenvalue weighted by atomic mass is 79.9. The van der Waals surface area contributed by atoms with Crippen LogP contribution in [0.25, 0.3) is 0 Å². The number of nitrogens with zero attached hydrogens (tertiary/aromatic N) is 1. The lowest BCUT2D eigenvalue weighted by Gasteiger charge is -2.22. The van der Waals surface area contributed by atoms with Crippen molar-refractivity contribution in [2.45, 2.75) is 39.3 Å². The fourth-order valence-electron chi connectivity index (χ4n) is 1.27. The smallest absolute Gasteiger partial charge is 0.408 e. The van der Waals surface area contributed by atoms with E-state index in [2.05, 4.69) is 26.2 Å². The van der Waals surface area contributed by atoms with E-state index in [0.29, 0.717) is 0 Å². The number of amides is 1. The Morgan fingerprint density at radius 3 is 2.71 bits per heavy atom. The zero-order valence-electron chi connectivity index (χ0n) is 10.5. The van der Waals surface area contributed by atoms with Crippen LogP contribution in [0, 0.1) is 0 Å². The predicted molar refractivity (Wildman–Crippen MR) is 69.7 cm³/mol. The molecule has 0 saturated heterocycles. The van der Waals surface area contributed by atoms with Crippen LogP contribution < -0.4 is 5.32 Å². The first-order valence-corrected chi connectivity index (χ1v) is 6.19. The Morgan fingerprint density at radius 1 is 1.53 bits per heavy atom. The predicted octanol–water partition coefficient (Wildman–Crippen LogP) is 3.43. The average molecular weight is 301 g/mol. The van der Waals surface area contributed by atoms with Crippen molar-refractivity contribution >= 4 is 22.0 Å². The van der Waals surface area contributed by atoms with Gasteiger partial charge in [-0.15, -0.1) is 0 Å². The number of hydrogen-bond donors (Lipinski definition) is 1. The zero-order valence-corrected chi connectivity index (χ0v) is 12.0. The molecule has 4 nitrogen and oxygen atoms in total. The molecule has 0 aromatic carbocycles. The summed E-state index contributed by atoms with van der Waals surface area (Å²) in [5.74, 6) is 0. The maximum atomic E-state index is 11.6. The summed E-state index contributed by atoms with van der Waals surface area (Å²) in [6.07, 6.45) is 1.25. The summed E-state index contributed by atoms with van der Waals surface area (Å²) in [6, 6.07) is 3.50. The maximum absolute atomic E-state index is 11.6. The molecule has 1 atom stereocenters. The Labute approximate surface area is 110 Å². The largest absolute Gasteiger partial charge is 0.444 e. The molecule has 94 valence electrons. The second-order valence-electron chi connectivity index (χ2n) is 4.74. The van der Waals surface area contributed by atoms with E-state index in [1.54, 1.807) is 6.20 Å². The van der Waals surface area contributed by atoms with Gasteiger partial charge in [0.2, 0.25) is 0 Å². The van der Waals surface area contributed by atoms with Crippen molar-refractivity contribution in [1.29, 1.82) is 0 Å². The molecular weight excluding hydrogens is 284 g/mol. The lowest BCUT2D eigenvalue weighted by molar-refractivity contribution is 0.0507. The minimum absolute atomic E-state index is 0.208. The minimum atomic E-state index is -0.495. The third kappa shape index (κ3) is 4.73. The van der Waals surface area contributed by atoms with Crippen molar-refractivity contribution < 1.29 is 9.53 Å². The molecule has 0 aliphatic rings. The van der Waals surface area contributed by atoms with Gasteiger partial charge in [-0.1, -0.05) is 0 Å². The molecule has 1 amide bonds. The summed E-state index contributed by atoms with van der Waals surface area (Å²) in [4.78, 5) is 15.8. The van der Waals surface area contributed by atoms with Crippen molar-refractivity contribution in [2.75, 3.05) is 0 Å². The second-order valence-corrected chi connectivity index (χ2v) is 5.59. The molecule has 0 bridgehead atoms. The van der Waals surface area contributed by atoms with E-state index in [1.165, 1.54) is 0 Å². The third-order valence-electron chi connectivity index (χ3n) is 1.93. The number of ether oxygens (including phenoxy) is 1. The third-order valence-corrected chi connectivity index (χ3v) is 2.60. The number of pyridine rings is 1. The number of aromatic nitrogens is 1. The molecule has 0 radical (unpaired) electrons. The molecule has 17 heavy (non-hydrogen) atoms. The fourth-order valence-corrected chi connectivity index (χ4v) is 1.87. The molecule has 1 aromatic heterocycles. The SMILES string of the molecule is CC(NC(=O)OC(C)(C)C)c1ncccc1Br. The molecule has 0 saturated carbocycles. The van der Waals surface area contributed by atoms with Gasteiger partial charge < -0.3 is 10.1 Å².